The van der Waals surface area contributed by atoms with Gasteiger partial charge in [-0.25, -0.2) is 4.98 Å². The molecule has 0 spiro atoms. The van der Waals surface area contributed by atoms with Gasteiger partial charge in [0.05, 0.1) is 16.8 Å². The first-order valence-electron chi connectivity index (χ1n) is 5.27. The molecule has 0 atom stereocenters. The standard InChI is InChI=1S/C12H10BrClN2OS/c13-11-5-8(14)1-2-10(11)12(17)15-4-3-9-6-18-7-16-9/h1-2,5-7H,3-4H2,(H,15,17). The van der Waals surface area contributed by atoms with Gasteiger partial charge >= 0.3 is 0 Å². The largest absolute Gasteiger partial charge is 0.352 e. The van der Waals surface area contributed by atoms with Gasteiger partial charge in [-0.05, 0) is 34.1 Å². The third-order valence-corrected chi connectivity index (χ3v) is 3.85. The molecule has 1 N–H and O–H groups in total. The van der Waals surface area contributed by atoms with E-state index in [1.54, 1.807) is 35.0 Å². The average molecular weight is 346 g/mol. The second kappa shape index (κ2) is 6.31. The van der Waals surface area contributed by atoms with E-state index < -0.39 is 0 Å². The van der Waals surface area contributed by atoms with Crippen molar-refractivity contribution in [3.05, 3.63) is 49.8 Å². The zero-order chi connectivity index (χ0) is 13.0. The van der Waals surface area contributed by atoms with Gasteiger partial charge in [-0.3, -0.25) is 4.79 Å². The zero-order valence-electron chi connectivity index (χ0n) is 9.32. The maximum Gasteiger partial charge on any atom is 0.252 e. The Labute approximate surface area is 122 Å². The number of nitrogens with one attached hydrogen (secondary N) is 1. The first kappa shape index (κ1) is 13.5. The molecule has 1 aromatic heterocycles. The Hall–Kier alpha value is -0.910. The van der Waals surface area contributed by atoms with E-state index in [9.17, 15) is 4.79 Å². The fourth-order valence-electron chi connectivity index (χ4n) is 1.43. The van der Waals surface area contributed by atoms with Gasteiger partial charge in [0.1, 0.15) is 0 Å². The lowest BCUT2D eigenvalue weighted by atomic mass is 10.2. The summed E-state index contributed by atoms with van der Waals surface area (Å²) in [6, 6.07) is 5.10. The maximum absolute atomic E-state index is 11.9. The number of thiazole rings is 1. The number of hydrogen-bond donors (Lipinski definition) is 1. The van der Waals surface area contributed by atoms with Gasteiger partial charge in [0.2, 0.25) is 0 Å². The van der Waals surface area contributed by atoms with Crippen molar-refractivity contribution in [3.63, 3.8) is 0 Å². The molecule has 0 bridgehead atoms. The van der Waals surface area contributed by atoms with Crippen LogP contribution >= 0.6 is 38.9 Å². The zero-order valence-corrected chi connectivity index (χ0v) is 12.5. The SMILES string of the molecule is O=C(NCCc1cscn1)c1ccc(Cl)cc1Br. The van der Waals surface area contributed by atoms with Gasteiger partial charge < -0.3 is 5.32 Å². The summed E-state index contributed by atoms with van der Waals surface area (Å²) in [6.45, 7) is 0.567. The first-order chi connectivity index (χ1) is 8.66. The number of carbonyl (C=O) groups is 1. The molecule has 0 aliphatic carbocycles. The van der Waals surface area contributed by atoms with Crippen LogP contribution in [0.4, 0.5) is 0 Å². The van der Waals surface area contributed by atoms with Crippen LogP contribution < -0.4 is 5.32 Å². The fraction of sp³-hybridized carbons (Fsp3) is 0.167. The van der Waals surface area contributed by atoms with Crippen molar-refractivity contribution in [2.24, 2.45) is 0 Å². The quantitative estimate of drug-likeness (QED) is 0.921. The topological polar surface area (TPSA) is 42.0 Å². The molecule has 0 aliphatic heterocycles. The minimum atomic E-state index is -0.117. The van der Waals surface area contributed by atoms with E-state index in [1.807, 2.05) is 5.38 Å². The summed E-state index contributed by atoms with van der Waals surface area (Å²) in [5.41, 5.74) is 3.36. The van der Waals surface area contributed by atoms with Gasteiger partial charge in [-0.1, -0.05) is 11.6 Å². The smallest absolute Gasteiger partial charge is 0.252 e. The van der Waals surface area contributed by atoms with Gasteiger partial charge in [0.15, 0.2) is 0 Å². The monoisotopic (exact) mass is 344 g/mol. The van der Waals surface area contributed by atoms with Crippen molar-refractivity contribution in [2.45, 2.75) is 6.42 Å². The number of benzene rings is 1. The first-order valence-corrected chi connectivity index (χ1v) is 7.38. The van der Waals surface area contributed by atoms with Gasteiger partial charge in [0, 0.05) is 27.8 Å². The highest BCUT2D eigenvalue weighted by Gasteiger charge is 2.09. The number of nitrogens with zero attached hydrogens (tertiary/aromatic N) is 1. The van der Waals surface area contributed by atoms with Gasteiger partial charge in [-0.2, -0.15) is 0 Å². The molecule has 0 fully saturated rings. The summed E-state index contributed by atoms with van der Waals surface area (Å²) < 4.78 is 0.696. The number of halogens is 2. The number of hydrogen-bond acceptors (Lipinski definition) is 3. The molecule has 1 heterocycles. The Kier molecular flexibility index (Phi) is 4.74. The van der Waals surface area contributed by atoms with Crippen LogP contribution in [-0.2, 0) is 6.42 Å². The minimum absolute atomic E-state index is 0.117. The predicted octanol–water partition coefficient (Wildman–Crippen LogP) is 3.53. The van der Waals surface area contributed by atoms with E-state index >= 15 is 0 Å². The molecule has 0 saturated carbocycles. The molecule has 94 valence electrons. The average Bonchev–Trinajstić information content (AvgIpc) is 2.81. The van der Waals surface area contributed by atoms with E-state index in [2.05, 4.69) is 26.2 Å². The molecule has 2 aromatic rings. The highest BCUT2D eigenvalue weighted by molar-refractivity contribution is 9.10. The Morgan fingerprint density at radius 1 is 1.50 bits per heavy atom. The Morgan fingerprint density at radius 2 is 2.33 bits per heavy atom. The number of amides is 1. The van der Waals surface area contributed by atoms with Crippen LogP contribution in [0.3, 0.4) is 0 Å². The molecule has 1 aromatic carbocycles. The predicted molar refractivity (Wildman–Crippen MR) is 77.3 cm³/mol. The molecule has 0 aliphatic rings. The van der Waals surface area contributed by atoms with E-state index in [-0.39, 0.29) is 5.91 Å². The molecule has 0 unspecified atom stereocenters. The van der Waals surface area contributed by atoms with Crippen LogP contribution in [0.1, 0.15) is 16.1 Å². The van der Waals surface area contributed by atoms with E-state index in [0.717, 1.165) is 12.1 Å². The van der Waals surface area contributed by atoms with E-state index in [1.165, 1.54) is 0 Å². The van der Waals surface area contributed by atoms with E-state index in [4.69, 9.17) is 11.6 Å². The lowest BCUT2D eigenvalue weighted by Gasteiger charge is -2.06. The van der Waals surface area contributed by atoms with Crippen LogP contribution in [0.25, 0.3) is 0 Å². The van der Waals surface area contributed by atoms with Gasteiger partial charge in [0.25, 0.3) is 5.91 Å². The number of rotatable bonds is 4. The molecule has 0 saturated heterocycles. The Bertz CT molecular complexity index is 545. The summed E-state index contributed by atoms with van der Waals surface area (Å²) in [4.78, 5) is 16.1. The van der Waals surface area contributed by atoms with Crippen molar-refractivity contribution in [2.75, 3.05) is 6.54 Å². The molecule has 6 heteroatoms. The maximum atomic E-state index is 11.9. The second-order valence-electron chi connectivity index (χ2n) is 3.61. The van der Waals surface area contributed by atoms with Crippen LogP contribution in [0, 0.1) is 0 Å². The lowest BCUT2D eigenvalue weighted by molar-refractivity contribution is 0.0953. The molecule has 2 rings (SSSR count). The molecular formula is C12H10BrClN2OS. The molecule has 18 heavy (non-hydrogen) atoms. The highest BCUT2D eigenvalue weighted by atomic mass is 79.9. The summed E-state index contributed by atoms with van der Waals surface area (Å²) in [7, 11) is 0. The van der Waals surface area contributed by atoms with E-state index in [0.29, 0.717) is 21.6 Å². The fourth-order valence-corrected chi connectivity index (χ4v) is 2.89. The van der Waals surface area contributed by atoms with Crippen molar-refractivity contribution in [1.82, 2.24) is 10.3 Å². The third-order valence-electron chi connectivity index (χ3n) is 2.33. The molecule has 3 nitrogen and oxygen atoms in total. The second-order valence-corrected chi connectivity index (χ2v) is 5.62. The summed E-state index contributed by atoms with van der Waals surface area (Å²) in [6.07, 6.45) is 0.737. The Morgan fingerprint density at radius 3 is 3.00 bits per heavy atom. The number of carbonyl (C=O) groups excluding carboxylic acids is 1. The third kappa shape index (κ3) is 3.54. The van der Waals surface area contributed by atoms with Crippen LogP contribution in [-0.4, -0.2) is 17.4 Å². The minimum Gasteiger partial charge on any atom is -0.352 e. The molecular weight excluding hydrogens is 336 g/mol. The lowest BCUT2D eigenvalue weighted by Crippen LogP contribution is -2.26. The van der Waals surface area contributed by atoms with Crippen molar-refractivity contribution >= 4 is 44.8 Å². The summed E-state index contributed by atoms with van der Waals surface area (Å²) in [5.74, 6) is -0.117. The Balaban J connectivity index is 1.91. The van der Waals surface area contributed by atoms with Crippen LogP contribution in [0.2, 0.25) is 5.02 Å². The van der Waals surface area contributed by atoms with Crippen molar-refractivity contribution < 1.29 is 4.79 Å². The molecule has 0 radical (unpaired) electrons. The normalized spacial score (nSPS) is 10.3. The summed E-state index contributed by atoms with van der Waals surface area (Å²) in [5, 5.41) is 5.42. The van der Waals surface area contributed by atoms with Crippen molar-refractivity contribution in [1.29, 1.82) is 0 Å². The number of aromatic nitrogens is 1. The van der Waals surface area contributed by atoms with Crippen LogP contribution in [0.15, 0.2) is 33.6 Å². The van der Waals surface area contributed by atoms with Crippen molar-refractivity contribution in [3.8, 4) is 0 Å². The molecule has 1 amide bonds. The van der Waals surface area contributed by atoms with Gasteiger partial charge in [-0.15, -0.1) is 11.3 Å². The summed E-state index contributed by atoms with van der Waals surface area (Å²) >= 11 is 10.7. The highest BCUT2D eigenvalue weighted by Crippen LogP contribution is 2.21. The van der Waals surface area contributed by atoms with Crippen LogP contribution in [0.5, 0.6) is 0 Å².